The summed E-state index contributed by atoms with van der Waals surface area (Å²) in [5, 5.41) is 0. The van der Waals surface area contributed by atoms with Gasteiger partial charge in [0.25, 0.3) is 0 Å². The average Bonchev–Trinajstić information content (AvgIpc) is 1.97. The van der Waals surface area contributed by atoms with Gasteiger partial charge in [0.05, 0.1) is 0 Å². The first-order valence-corrected chi connectivity index (χ1v) is 5.00. The molecule has 3 unspecified atom stereocenters. The molecule has 1 fully saturated rings. The van der Waals surface area contributed by atoms with Crippen LogP contribution in [0.3, 0.4) is 0 Å². The standard InChI is InChI=1S/C10H22N2/c1-7(2)10(12)5-4-8(3)9(11)6-10/h7-9H,4-6,11-12H2,1-3H3. The summed E-state index contributed by atoms with van der Waals surface area (Å²) < 4.78 is 0. The topological polar surface area (TPSA) is 52.0 Å². The van der Waals surface area contributed by atoms with E-state index in [4.69, 9.17) is 11.5 Å². The van der Waals surface area contributed by atoms with Crippen LogP contribution < -0.4 is 11.5 Å². The molecule has 3 atom stereocenters. The first kappa shape index (κ1) is 10.0. The van der Waals surface area contributed by atoms with Gasteiger partial charge in [0, 0.05) is 11.6 Å². The predicted molar refractivity (Wildman–Crippen MR) is 52.7 cm³/mol. The Hall–Kier alpha value is -0.0800. The molecule has 0 spiro atoms. The molecule has 1 aliphatic carbocycles. The summed E-state index contributed by atoms with van der Waals surface area (Å²) in [7, 11) is 0. The van der Waals surface area contributed by atoms with Crippen LogP contribution in [-0.2, 0) is 0 Å². The maximum absolute atomic E-state index is 6.27. The second-order valence-electron chi connectivity index (χ2n) is 4.77. The Bertz CT molecular complexity index is 156. The summed E-state index contributed by atoms with van der Waals surface area (Å²) >= 11 is 0. The van der Waals surface area contributed by atoms with Crippen molar-refractivity contribution in [1.82, 2.24) is 0 Å². The maximum Gasteiger partial charge on any atom is 0.0192 e. The minimum absolute atomic E-state index is 0.00588. The van der Waals surface area contributed by atoms with E-state index in [1.165, 1.54) is 6.42 Å². The minimum atomic E-state index is 0.00588. The van der Waals surface area contributed by atoms with Crippen LogP contribution in [0.2, 0.25) is 0 Å². The van der Waals surface area contributed by atoms with E-state index in [0.717, 1.165) is 12.8 Å². The van der Waals surface area contributed by atoms with E-state index in [9.17, 15) is 0 Å². The molecule has 2 heteroatoms. The van der Waals surface area contributed by atoms with Crippen LogP contribution >= 0.6 is 0 Å². The molecule has 0 amide bonds. The molecule has 0 aromatic carbocycles. The first-order chi connectivity index (χ1) is 5.46. The summed E-state index contributed by atoms with van der Waals surface area (Å²) in [4.78, 5) is 0. The highest BCUT2D eigenvalue weighted by atomic mass is 14.8. The average molecular weight is 170 g/mol. The van der Waals surface area contributed by atoms with Crippen molar-refractivity contribution in [2.75, 3.05) is 0 Å². The lowest BCUT2D eigenvalue weighted by molar-refractivity contribution is 0.165. The molecule has 0 aromatic rings. The summed E-state index contributed by atoms with van der Waals surface area (Å²) in [6, 6.07) is 0.311. The molecule has 0 aliphatic heterocycles. The van der Waals surface area contributed by atoms with Gasteiger partial charge in [0.15, 0.2) is 0 Å². The number of hydrogen-bond donors (Lipinski definition) is 2. The van der Waals surface area contributed by atoms with Gasteiger partial charge in [-0.3, -0.25) is 0 Å². The van der Waals surface area contributed by atoms with Gasteiger partial charge in [-0.25, -0.2) is 0 Å². The lowest BCUT2D eigenvalue weighted by atomic mass is 9.70. The SMILES string of the molecule is CC1CCC(N)(C(C)C)CC1N. The fraction of sp³-hybridized carbons (Fsp3) is 1.00. The van der Waals surface area contributed by atoms with Crippen molar-refractivity contribution >= 4 is 0 Å². The van der Waals surface area contributed by atoms with Gasteiger partial charge in [0.1, 0.15) is 0 Å². The monoisotopic (exact) mass is 170 g/mol. The molecule has 1 rings (SSSR count). The minimum Gasteiger partial charge on any atom is -0.327 e. The Morgan fingerprint density at radius 2 is 2.00 bits per heavy atom. The zero-order valence-electron chi connectivity index (χ0n) is 8.51. The Labute approximate surface area is 75.7 Å². The summed E-state index contributed by atoms with van der Waals surface area (Å²) in [5.74, 6) is 1.21. The van der Waals surface area contributed by atoms with Crippen LogP contribution in [0, 0.1) is 11.8 Å². The van der Waals surface area contributed by atoms with Crippen molar-refractivity contribution in [2.45, 2.75) is 51.6 Å². The number of rotatable bonds is 1. The van der Waals surface area contributed by atoms with E-state index in [-0.39, 0.29) is 5.54 Å². The van der Waals surface area contributed by atoms with E-state index < -0.39 is 0 Å². The largest absolute Gasteiger partial charge is 0.327 e. The zero-order valence-corrected chi connectivity index (χ0v) is 8.51. The van der Waals surface area contributed by atoms with Gasteiger partial charge < -0.3 is 11.5 Å². The van der Waals surface area contributed by atoms with Crippen molar-refractivity contribution in [3.8, 4) is 0 Å². The Morgan fingerprint density at radius 1 is 1.42 bits per heavy atom. The molecule has 0 radical (unpaired) electrons. The number of hydrogen-bond acceptors (Lipinski definition) is 2. The van der Waals surface area contributed by atoms with Gasteiger partial charge in [0.2, 0.25) is 0 Å². The van der Waals surface area contributed by atoms with Crippen molar-refractivity contribution < 1.29 is 0 Å². The fourth-order valence-electron chi connectivity index (χ4n) is 1.98. The summed E-state index contributed by atoms with van der Waals surface area (Å²) in [6.45, 7) is 6.62. The van der Waals surface area contributed by atoms with Gasteiger partial charge in [-0.05, 0) is 31.1 Å². The molecule has 0 heterocycles. The van der Waals surface area contributed by atoms with E-state index in [2.05, 4.69) is 20.8 Å². The van der Waals surface area contributed by atoms with Gasteiger partial charge in [-0.1, -0.05) is 20.8 Å². The Kier molecular flexibility index (Phi) is 2.79. The highest BCUT2D eigenvalue weighted by Gasteiger charge is 2.36. The van der Waals surface area contributed by atoms with E-state index >= 15 is 0 Å². The van der Waals surface area contributed by atoms with Crippen LogP contribution in [0.15, 0.2) is 0 Å². The molecular weight excluding hydrogens is 148 g/mol. The number of nitrogens with two attached hydrogens (primary N) is 2. The molecule has 0 saturated heterocycles. The third kappa shape index (κ3) is 1.80. The molecule has 0 aromatic heterocycles. The fourth-order valence-corrected chi connectivity index (χ4v) is 1.98. The summed E-state index contributed by atoms with van der Waals surface area (Å²) in [6.07, 6.45) is 3.32. The smallest absolute Gasteiger partial charge is 0.0192 e. The molecule has 0 bridgehead atoms. The zero-order chi connectivity index (χ0) is 9.35. The molecule has 2 nitrogen and oxygen atoms in total. The Morgan fingerprint density at radius 3 is 2.42 bits per heavy atom. The quantitative estimate of drug-likeness (QED) is 0.626. The van der Waals surface area contributed by atoms with Crippen molar-refractivity contribution in [1.29, 1.82) is 0 Å². The predicted octanol–water partition coefficient (Wildman–Crippen LogP) is 1.49. The van der Waals surface area contributed by atoms with Crippen LogP contribution in [0.1, 0.15) is 40.0 Å². The van der Waals surface area contributed by atoms with Gasteiger partial charge in [-0.2, -0.15) is 0 Å². The van der Waals surface area contributed by atoms with Crippen LogP contribution in [-0.4, -0.2) is 11.6 Å². The van der Waals surface area contributed by atoms with Gasteiger partial charge in [-0.15, -0.1) is 0 Å². The highest BCUT2D eigenvalue weighted by Crippen LogP contribution is 2.34. The first-order valence-electron chi connectivity index (χ1n) is 5.00. The lowest BCUT2D eigenvalue weighted by Gasteiger charge is -2.42. The van der Waals surface area contributed by atoms with E-state index in [1.54, 1.807) is 0 Å². The molecule has 1 saturated carbocycles. The third-order valence-corrected chi connectivity index (χ3v) is 3.56. The van der Waals surface area contributed by atoms with Crippen molar-refractivity contribution in [2.24, 2.45) is 23.3 Å². The van der Waals surface area contributed by atoms with Crippen molar-refractivity contribution in [3.05, 3.63) is 0 Å². The molecular formula is C10H22N2. The maximum atomic E-state index is 6.27. The van der Waals surface area contributed by atoms with Gasteiger partial charge >= 0.3 is 0 Å². The van der Waals surface area contributed by atoms with Crippen molar-refractivity contribution in [3.63, 3.8) is 0 Å². The lowest BCUT2D eigenvalue weighted by Crippen LogP contribution is -2.54. The second kappa shape index (κ2) is 3.35. The molecule has 12 heavy (non-hydrogen) atoms. The Balaban J connectivity index is 2.60. The second-order valence-corrected chi connectivity index (χ2v) is 4.77. The molecule has 4 N–H and O–H groups in total. The third-order valence-electron chi connectivity index (χ3n) is 3.56. The van der Waals surface area contributed by atoms with Crippen LogP contribution in [0.4, 0.5) is 0 Å². The van der Waals surface area contributed by atoms with Crippen LogP contribution in [0.25, 0.3) is 0 Å². The molecule has 1 aliphatic rings. The normalized spacial score (nSPS) is 43.5. The molecule has 72 valence electrons. The summed E-state index contributed by atoms with van der Waals surface area (Å²) in [5.41, 5.74) is 12.3. The van der Waals surface area contributed by atoms with E-state index in [1.807, 2.05) is 0 Å². The highest BCUT2D eigenvalue weighted by molar-refractivity contribution is 4.96. The van der Waals surface area contributed by atoms with E-state index in [0.29, 0.717) is 17.9 Å². The van der Waals surface area contributed by atoms with Crippen LogP contribution in [0.5, 0.6) is 0 Å².